The summed E-state index contributed by atoms with van der Waals surface area (Å²) in [5.74, 6) is 0. The fourth-order valence-corrected chi connectivity index (χ4v) is 4.20. The van der Waals surface area contributed by atoms with Gasteiger partial charge in [0.05, 0.1) is 6.10 Å². The van der Waals surface area contributed by atoms with Crippen molar-refractivity contribution in [3.05, 3.63) is 29.3 Å². The average Bonchev–Trinajstić information content (AvgIpc) is 3.17. The molecule has 2 saturated heterocycles. The van der Waals surface area contributed by atoms with Crippen molar-refractivity contribution >= 4 is 5.69 Å². The van der Waals surface area contributed by atoms with E-state index in [9.17, 15) is 5.11 Å². The van der Waals surface area contributed by atoms with E-state index >= 15 is 0 Å². The van der Waals surface area contributed by atoms with Crippen LogP contribution in [0.4, 0.5) is 5.69 Å². The van der Waals surface area contributed by atoms with Crippen molar-refractivity contribution in [1.82, 2.24) is 10.6 Å². The molecule has 3 aliphatic rings. The maximum Gasteiger partial charge on any atom is 0.0829 e. The molecule has 1 aliphatic carbocycles. The van der Waals surface area contributed by atoms with Crippen LogP contribution in [0, 0.1) is 0 Å². The Kier molecular flexibility index (Phi) is 4.07. The molecule has 1 aromatic carbocycles. The second-order valence-corrected chi connectivity index (χ2v) is 7.07. The second kappa shape index (κ2) is 6.19. The second-order valence-electron chi connectivity index (χ2n) is 7.07. The molecule has 2 atom stereocenters. The highest BCUT2D eigenvalue weighted by Gasteiger charge is 2.28. The van der Waals surface area contributed by atoms with Crippen LogP contribution >= 0.6 is 0 Å². The van der Waals surface area contributed by atoms with Gasteiger partial charge < -0.3 is 20.6 Å². The Labute approximate surface area is 132 Å². The van der Waals surface area contributed by atoms with Gasteiger partial charge in [0.1, 0.15) is 0 Å². The standard InChI is InChI=1S/C18H27N3O/c22-18-12-19-11-17(18)20-15-6-8-21(9-7-15)16-5-4-13-2-1-3-14(13)10-16/h4-5,10,15,17-20,22H,1-3,6-9,11-12H2/t17-,18-/m1/s1. The molecule has 0 spiro atoms. The minimum absolute atomic E-state index is 0.227. The van der Waals surface area contributed by atoms with E-state index in [4.69, 9.17) is 0 Å². The lowest BCUT2D eigenvalue weighted by Gasteiger charge is -2.36. The number of aryl methyl sites for hydroxylation is 2. The SMILES string of the molecule is O[C@@H]1CNC[C@H]1NC1CCN(c2ccc3c(c2)CCC3)CC1. The number of rotatable bonds is 3. The van der Waals surface area contributed by atoms with Gasteiger partial charge in [-0.15, -0.1) is 0 Å². The van der Waals surface area contributed by atoms with Gasteiger partial charge in [0, 0.05) is 44.0 Å². The van der Waals surface area contributed by atoms with E-state index in [-0.39, 0.29) is 12.1 Å². The van der Waals surface area contributed by atoms with E-state index in [0.717, 1.165) is 26.2 Å². The zero-order valence-corrected chi connectivity index (χ0v) is 13.2. The summed E-state index contributed by atoms with van der Waals surface area (Å²) in [6.45, 7) is 3.86. The molecule has 4 heteroatoms. The number of fused-ring (bicyclic) bond motifs is 1. The van der Waals surface area contributed by atoms with E-state index in [1.807, 2.05) is 0 Å². The normalized spacial score (nSPS) is 29.0. The molecule has 22 heavy (non-hydrogen) atoms. The number of β-amino-alcohol motifs (C(OH)–C–C–N with tert-alkyl or cyclic N) is 1. The minimum Gasteiger partial charge on any atom is -0.390 e. The van der Waals surface area contributed by atoms with Crippen molar-refractivity contribution in [1.29, 1.82) is 0 Å². The number of piperidine rings is 1. The summed E-state index contributed by atoms with van der Waals surface area (Å²) in [6, 6.07) is 7.84. The van der Waals surface area contributed by atoms with Crippen LogP contribution in [-0.2, 0) is 12.8 Å². The predicted molar refractivity (Wildman–Crippen MR) is 89.5 cm³/mol. The van der Waals surface area contributed by atoms with Gasteiger partial charge in [-0.2, -0.15) is 0 Å². The van der Waals surface area contributed by atoms with E-state index in [2.05, 4.69) is 33.7 Å². The minimum atomic E-state index is -0.227. The summed E-state index contributed by atoms with van der Waals surface area (Å²) in [5, 5.41) is 16.8. The van der Waals surface area contributed by atoms with Gasteiger partial charge in [0.15, 0.2) is 0 Å². The Balaban J connectivity index is 1.33. The molecule has 0 aromatic heterocycles. The molecular formula is C18H27N3O. The van der Waals surface area contributed by atoms with E-state index in [1.165, 1.54) is 37.8 Å². The van der Waals surface area contributed by atoms with Crippen LogP contribution in [0.3, 0.4) is 0 Å². The largest absolute Gasteiger partial charge is 0.390 e. The lowest BCUT2D eigenvalue weighted by Crippen LogP contribution is -2.50. The molecule has 2 heterocycles. The molecule has 2 aliphatic heterocycles. The molecule has 0 radical (unpaired) electrons. The maximum absolute atomic E-state index is 9.90. The number of aliphatic hydroxyl groups excluding tert-OH is 1. The fraction of sp³-hybridized carbons (Fsp3) is 0.667. The molecule has 0 amide bonds. The van der Waals surface area contributed by atoms with Crippen molar-refractivity contribution in [2.45, 2.75) is 50.3 Å². The van der Waals surface area contributed by atoms with Crippen LogP contribution in [0.15, 0.2) is 18.2 Å². The van der Waals surface area contributed by atoms with E-state index in [0.29, 0.717) is 6.04 Å². The summed E-state index contributed by atoms with van der Waals surface area (Å²) in [7, 11) is 0. The predicted octanol–water partition coefficient (Wildman–Crippen LogP) is 1.07. The monoisotopic (exact) mass is 301 g/mol. The first-order valence-electron chi connectivity index (χ1n) is 8.81. The van der Waals surface area contributed by atoms with Gasteiger partial charge >= 0.3 is 0 Å². The molecule has 4 nitrogen and oxygen atoms in total. The number of nitrogens with one attached hydrogen (secondary N) is 2. The number of benzene rings is 1. The van der Waals surface area contributed by atoms with Crippen LogP contribution in [-0.4, -0.2) is 49.5 Å². The van der Waals surface area contributed by atoms with Crippen molar-refractivity contribution in [2.75, 3.05) is 31.1 Å². The third-order valence-electron chi connectivity index (χ3n) is 5.57. The van der Waals surface area contributed by atoms with Gasteiger partial charge in [-0.3, -0.25) is 0 Å². The molecule has 2 fully saturated rings. The van der Waals surface area contributed by atoms with E-state index in [1.54, 1.807) is 11.1 Å². The lowest BCUT2D eigenvalue weighted by atomic mass is 10.0. The number of hydrogen-bond acceptors (Lipinski definition) is 4. The fourth-order valence-electron chi connectivity index (χ4n) is 4.20. The number of hydrogen-bond donors (Lipinski definition) is 3. The summed E-state index contributed by atoms with van der Waals surface area (Å²) >= 11 is 0. The molecule has 3 N–H and O–H groups in total. The first kappa shape index (κ1) is 14.5. The third-order valence-corrected chi connectivity index (χ3v) is 5.57. The Bertz CT molecular complexity index is 525. The van der Waals surface area contributed by atoms with Crippen molar-refractivity contribution in [2.24, 2.45) is 0 Å². The highest BCUT2D eigenvalue weighted by molar-refractivity contribution is 5.52. The summed E-state index contributed by atoms with van der Waals surface area (Å²) in [6.07, 6.45) is 5.95. The van der Waals surface area contributed by atoms with Gasteiger partial charge in [-0.05, 0) is 55.4 Å². The lowest BCUT2D eigenvalue weighted by molar-refractivity contribution is 0.153. The van der Waals surface area contributed by atoms with Crippen LogP contribution in [0.1, 0.15) is 30.4 Å². The van der Waals surface area contributed by atoms with E-state index < -0.39 is 0 Å². The molecule has 0 unspecified atom stereocenters. The highest BCUT2D eigenvalue weighted by Crippen LogP contribution is 2.28. The van der Waals surface area contributed by atoms with Crippen molar-refractivity contribution in [3.8, 4) is 0 Å². The van der Waals surface area contributed by atoms with Crippen molar-refractivity contribution in [3.63, 3.8) is 0 Å². The molecule has 4 rings (SSSR count). The van der Waals surface area contributed by atoms with Crippen LogP contribution < -0.4 is 15.5 Å². The topological polar surface area (TPSA) is 47.5 Å². The summed E-state index contributed by atoms with van der Waals surface area (Å²) in [5.41, 5.74) is 4.53. The van der Waals surface area contributed by atoms with Gasteiger partial charge in [0.2, 0.25) is 0 Å². The molecular weight excluding hydrogens is 274 g/mol. The Hall–Kier alpha value is -1.10. The quantitative estimate of drug-likeness (QED) is 0.781. The van der Waals surface area contributed by atoms with Crippen LogP contribution in [0.25, 0.3) is 0 Å². The average molecular weight is 301 g/mol. The Morgan fingerprint density at radius 1 is 1.09 bits per heavy atom. The first-order valence-corrected chi connectivity index (χ1v) is 8.81. The molecule has 0 bridgehead atoms. The third kappa shape index (κ3) is 2.87. The highest BCUT2D eigenvalue weighted by atomic mass is 16.3. The molecule has 0 saturated carbocycles. The number of aliphatic hydroxyl groups is 1. The number of anilines is 1. The molecule has 120 valence electrons. The Morgan fingerprint density at radius 3 is 2.68 bits per heavy atom. The zero-order valence-electron chi connectivity index (χ0n) is 13.2. The van der Waals surface area contributed by atoms with Gasteiger partial charge in [-0.1, -0.05) is 6.07 Å². The summed E-state index contributed by atoms with van der Waals surface area (Å²) in [4.78, 5) is 2.53. The zero-order chi connectivity index (χ0) is 14.9. The first-order chi connectivity index (χ1) is 10.8. The van der Waals surface area contributed by atoms with Gasteiger partial charge in [-0.25, -0.2) is 0 Å². The molecule has 1 aromatic rings. The smallest absolute Gasteiger partial charge is 0.0829 e. The van der Waals surface area contributed by atoms with Crippen LogP contribution in [0.2, 0.25) is 0 Å². The Morgan fingerprint density at radius 2 is 1.91 bits per heavy atom. The van der Waals surface area contributed by atoms with Crippen molar-refractivity contribution < 1.29 is 5.11 Å². The summed E-state index contributed by atoms with van der Waals surface area (Å²) < 4.78 is 0. The van der Waals surface area contributed by atoms with Crippen LogP contribution in [0.5, 0.6) is 0 Å². The van der Waals surface area contributed by atoms with Gasteiger partial charge in [0.25, 0.3) is 0 Å². The maximum atomic E-state index is 9.90. The number of nitrogens with zero attached hydrogens (tertiary/aromatic N) is 1.